The maximum Gasteiger partial charge on any atom is 0.285 e. The molecular formula is C32H27N5O2. The second kappa shape index (κ2) is 10.7. The molecule has 0 bridgehead atoms. The summed E-state index contributed by atoms with van der Waals surface area (Å²) in [5.74, 6) is 0.840. The molecule has 0 unspecified atom stereocenters. The van der Waals surface area contributed by atoms with Gasteiger partial charge in [0.2, 0.25) is 11.9 Å². The van der Waals surface area contributed by atoms with Crippen molar-refractivity contribution in [3.8, 4) is 5.75 Å². The van der Waals surface area contributed by atoms with Crippen LogP contribution in [-0.4, -0.2) is 27.8 Å². The highest BCUT2D eigenvalue weighted by Gasteiger charge is 2.21. The molecule has 5 aromatic carbocycles. The Bertz CT molecular complexity index is 1780. The third kappa shape index (κ3) is 4.90. The molecule has 0 amide bonds. The normalized spacial score (nSPS) is 11.0. The first kappa shape index (κ1) is 24.2. The van der Waals surface area contributed by atoms with Crippen LogP contribution in [-0.2, 0) is 13.1 Å². The molecule has 7 nitrogen and oxygen atoms in total. The summed E-state index contributed by atoms with van der Waals surface area (Å²) in [4.78, 5) is 18.3. The van der Waals surface area contributed by atoms with Gasteiger partial charge in [-0.25, -0.2) is 0 Å². The molecule has 39 heavy (non-hydrogen) atoms. The Morgan fingerprint density at radius 1 is 0.718 bits per heavy atom. The van der Waals surface area contributed by atoms with Crippen LogP contribution in [0.3, 0.4) is 0 Å². The van der Waals surface area contributed by atoms with Crippen LogP contribution < -0.4 is 15.4 Å². The highest BCUT2D eigenvalue weighted by Crippen LogP contribution is 2.24. The summed E-state index contributed by atoms with van der Waals surface area (Å²) in [5, 5.41) is 15.8. The number of nitrogens with one attached hydrogen (secondary N) is 2. The van der Waals surface area contributed by atoms with E-state index >= 15 is 0 Å². The van der Waals surface area contributed by atoms with E-state index in [0.29, 0.717) is 36.3 Å². The number of aromatic nitrogens is 3. The van der Waals surface area contributed by atoms with Gasteiger partial charge in [0.1, 0.15) is 5.75 Å². The summed E-state index contributed by atoms with van der Waals surface area (Å²) in [6.07, 6.45) is 0. The van der Waals surface area contributed by atoms with Crippen LogP contribution in [0.15, 0.2) is 109 Å². The molecule has 6 aromatic rings. The molecule has 0 saturated heterocycles. The Labute approximate surface area is 226 Å². The smallest absolute Gasteiger partial charge is 0.285 e. The zero-order chi connectivity index (χ0) is 26.6. The van der Waals surface area contributed by atoms with Crippen molar-refractivity contribution in [1.82, 2.24) is 14.8 Å². The Morgan fingerprint density at radius 3 is 1.95 bits per heavy atom. The van der Waals surface area contributed by atoms with Crippen molar-refractivity contribution in [1.29, 1.82) is 0 Å². The van der Waals surface area contributed by atoms with Crippen molar-refractivity contribution in [2.45, 2.75) is 13.1 Å². The topological polar surface area (TPSA) is 81.1 Å². The van der Waals surface area contributed by atoms with Crippen molar-refractivity contribution in [3.63, 3.8) is 0 Å². The van der Waals surface area contributed by atoms with E-state index in [2.05, 4.69) is 69.2 Å². The first-order valence-electron chi connectivity index (χ1n) is 12.8. The number of fused-ring (bicyclic) bond motifs is 2. The van der Waals surface area contributed by atoms with Crippen LogP contribution in [0.5, 0.6) is 5.75 Å². The predicted octanol–water partition coefficient (Wildman–Crippen LogP) is 6.51. The number of nitrogens with zero attached hydrogens (tertiary/aromatic N) is 3. The zero-order valence-electron chi connectivity index (χ0n) is 21.5. The lowest BCUT2D eigenvalue weighted by molar-refractivity contribution is 0.0944. The molecule has 0 spiro atoms. The quantitative estimate of drug-likeness (QED) is 0.242. The first-order valence-corrected chi connectivity index (χ1v) is 12.8. The molecule has 1 aromatic heterocycles. The van der Waals surface area contributed by atoms with Gasteiger partial charge in [-0.3, -0.25) is 4.79 Å². The highest BCUT2D eigenvalue weighted by molar-refractivity contribution is 5.99. The van der Waals surface area contributed by atoms with Gasteiger partial charge in [-0.1, -0.05) is 97.1 Å². The summed E-state index contributed by atoms with van der Waals surface area (Å²) >= 11 is 0. The van der Waals surface area contributed by atoms with E-state index in [0.717, 1.165) is 27.3 Å². The van der Waals surface area contributed by atoms with Gasteiger partial charge in [0.25, 0.3) is 5.91 Å². The largest absolute Gasteiger partial charge is 0.496 e. The number of anilines is 2. The van der Waals surface area contributed by atoms with Crippen LogP contribution in [0.4, 0.5) is 11.9 Å². The minimum absolute atomic E-state index is 0.335. The van der Waals surface area contributed by atoms with Crippen LogP contribution in [0.1, 0.15) is 21.5 Å². The summed E-state index contributed by atoms with van der Waals surface area (Å²) in [5.41, 5.74) is 2.61. The lowest BCUT2D eigenvalue weighted by Gasteiger charge is -2.11. The highest BCUT2D eigenvalue weighted by atomic mass is 16.5. The summed E-state index contributed by atoms with van der Waals surface area (Å²) in [6.45, 7) is 0.985. The van der Waals surface area contributed by atoms with E-state index in [1.165, 1.54) is 10.1 Å². The Balaban J connectivity index is 1.32. The molecule has 0 atom stereocenters. The van der Waals surface area contributed by atoms with E-state index in [1.807, 2.05) is 42.5 Å². The molecule has 1 heterocycles. The summed E-state index contributed by atoms with van der Waals surface area (Å²) < 4.78 is 6.74. The number of benzene rings is 5. The van der Waals surface area contributed by atoms with Gasteiger partial charge in [-0.05, 0) is 44.8 Å². The molecule has 0 saturated carbocycles. The van der Waals surface area contributed by atoms with Gasteiger partial charge in [0.15, 0.2) is 0 Å². The van der Waals surface area contributed by atoms with Crippen LogP contribution >= 0.6 is 0 Å². The molecule has 7 heteroatoms. The second-order valence-electron chi connectivity index (χ2n) is 9.16. The number of carbonyl (C=O) groups excluding carboxylic acids is 1. The molecule has 0 aliphatic heterocycles. The molecule has 2 N–H and O–H groups in total. The Kier molecular flexibility index (Phi) is 6.62. The minimum Gasteiger partial charge on any atom is -0.496 e. The molecule has 0 fully saturated rings. The SMILES string of the molecule is COc1ccccc1C(=O)n1nc(NCc2cccc3ccccc23)nc1NCc1cccc2ccccc12. The average Bonchev–Trinajstić information content (AvgIpc) is 3.41. The lowest BCUT2D eigenvalue weighted by Crippen LogP contribution is -2.18. The zero-order valence-corrected chi connectivity index (χ0v) is 21.5. The van der Waals surface area contributed by atoms with Gasteiger partial charge in [-0.15, -0.1) is 5.10 Å². The number of para-hydroxylation sites is 1. The van der Waals surface area contributed by atoms with Gasteiger partial charge in [-0.2, -0.15) is 9.67 Å². The molecule has 0 radical (unpaired) electrons. The number of rotatable bonds is 8. The maximum absolute atomic E-state index is 13.6. The number of ether oxygens (including phenoxy) is 1. The van der Waals surface area contributed by atoms with Gasteiger partial charge >= 0.3 is 0 Å². The van der Waals surface area contributed by atoms with Gasteiger partial charge < -0.3 is 15.4 Å². The average molecular weight is 514 g/mol. The van der Waals surface area contributed by atoms with E-state index in [-0.39, 0.29) is 5.91 Å². The number of hydrogen-bond donors (Lipinski definition) is 2. The van der Waals surface area contributed by atoms with E-state index in [1.54, 1.807) is 25.3 Å². The van der Waals surface area contributed by atoms with Gasteiger partial charge in [0, 0.05) is 13.1 Å². The van der Waals surface area contributed by atoms with E-state index in [9.17, 15) is 4.79 Å². The summed E-state index contributed by atoms with van der Waals surface area (Å²) in [6, 6.07) is 36.0. The van der Waals surface area contributed by atoms with Crippen molar-refractivity contribution in [3.05, 3.63) is 126 Å². The third-order valence-corrected chi connectivity index (χ3v) is 6.77. The van der Waals surface area contributed by atoms with Crippen LogP contribution in [0.2, 0.25) is 0 Å². The molecule has 0 aliphatic carbocycles. The fourth-order valence-corrected chi connectivity index (χ4v) is 4.82. The number of carbonyl (C=O) groups is 1. The molecular weight excluding hydrogens is 486 g/mol. The second-order valence-corrected chi connectivity index (χ2v) is 9.16. The van der Waals surface area contributed by atoms with E-state index < -0.39 is 0 Å². The summed E-state index contributed by atoms with van der Waals surface area (Å²) in [7, 11) is 1.55. The van der Waals surface area contributed by atoms with Crippen molar-refractivity contribution >= 4 is 39.3 Å². The standard InChI is InChI=1S/C32H27N5O2/c1-39-29-19-7-6-18-28(29)30(38)37-32(34-21-25-15-9-13-23-11-3-5-17-27(23)25)35-31(36-37)33-20-24-14-8-12-22-10-2-4-16-26(22)24/h2-19H,20-21H2,1H3,(H2,33,34,35,36). The van der Waals surface area contributed by atoms with Crippen LogP contribution in [0.25, 0.3) is 21.5 Å². The Hall–Kier alpha value is -5.17. The van der Waals surface area contributed by atoms with Gasteiger partial charge in [0.05, 0.1) is 12.7 Å². The van der Waals surface area contributed by atoms with Crippen molar-refractivity contribution < 1.29 is 9.53 Å². The lowest BCUT2D eigenvalue weighted by atomic mass is 10.0. The van der Waals surface area contributed by atoms with E-state index in [4.69, 9.17) is 4.74 Å². The number of hydrogen-bond acceptors (Lipinski definition) is 6. The number of methoxy groups -OCH3 is 1. The fourth-order valence-electron chi connectivity index (χ4n) is 4.82. The molecule has 0 aliphatic rings. The fraction of sp³-hybridized carbons (Fsp3) is 0.0938. The maximum atomic E-state index is 13.6. The Morgan fingerprint density at radius 2 is 1.28 bits per heavy atom. The minimum atomic E-state index is -0.335. The molecule has 6 rings (SSSR count). The van der Waals surface area contributed by atoms with Crippen LogP contribution in [0, 0.1) is 0 Å². The molecule has 192 valence electrons. The first-order chi connectivity index (χ1) is 19.2. The van der Waals surface area contributed by atoms with Crippen molar-refractivity contribution in [2.24, 2.45) is 0 Å². The monoisotopic (exact) mass is 513 g/mol. The third-order valence-electron chi connectivity index (χ3n) is 6.77. The van der Waals surface area contributed by atoms with Crippen molar-refractivity contribution in [2.75, 3.05) is 17.7 Å². The predicted molar refractivity (Wildman–Crippen MR) is 155 cm³/mol.